The lowest BCUT2D eigenvalue weighted by molar-refractivity contribution is -0.00808. The van der Waals surface area contributed by atoms with Crippen molar-refractivity contribution in [3.05, 3.63) is 52.6 Å². The SMILES string of the molecule is O=S(=O)([O-])c1ccc(OS(=O)(=O)c2cc(C34CC5CC(CC(C5)C3)C4)ccc2C23CC4CC(CC(C4)C2)C3)c2c1CCCCCC2. The largest absolute Gasteiger partial charge is 0.744 e. The Kier molecular flexibility index (Phi) is 6.92. The molecule has 2 aromatic rings. The van der Waals surface area contributed by atoms with Crippen LogP contribution in [0.1, 0.15) is 125 Å². The molecule has 2 aromatic carbocycles. The molecular formula is C38H47O6S2-. The summed E-state index contributed by atoms with van der Waals surface area (Å²) in [7, 11) is -8.96. The molecule has 46 heavy (non-hydrogen) atoms. The van der Waals surface area contributed by atoms with Gasteiger partial charge in [0.2, 0.25) is 0 Å². The van der Waals surface area contributed by atoms with E-state index in [1.165, 1.54) is 56.2 Å². The summed E-state index contributed by atoms with van der Waals surface area (Å²) in [6, 6.07) is 9.25. The van der Waals surface area contributed by atoms with Crippen LogP contribution >= 0.6 is 0 Å². The van der Waals surface area contributed by atoms with Gasteiger partial charge in [-0.2, -0.15) is 8.42 Å². The van der Waals surface area contributed by atoms with E-state index in [0.29, 0.717) is 46.6 Å². The molecule has 8 heteroatoms. The number of hydrogen-bond acceptors (Lipinski definition) is 6. The Morgan fingerprint density at radius 1 is 0.587 bits per heavy atom. The maximum Gasteiger partial charge on any atom is 0.339 e. The number of benzene rings is 2. The second-order valence-corrected chi connectivity index (χ2v) is 19.9. The van der Waals surface area contributed by atoms with Gasteiger partial charge in [-0.1, -0.05) is 25.0 Å². The molecule has 11 rings (SSSR count). The minimum absolute atomic E-state index is 0.0541. The van der Waals surface area contributed by atoms with Gasteiger partial charge in [-0.05, 0) is 184 Å². The standard InChI is InChI=1S/C38H48O6S2/c39-45(40,41)35-10-9-34(31-5-3-1-2-4-6-32(31)35)44-46(42,43)36-17-30(37-18-24-11-25(19-37)13-26(12-24)20-37)7-8-33(36)38-21-27-14-28(22-38)16-29(15-27)23-38/h7-10,17,24-29H,1-6,11-16,18-23H2,(H,39,40,41)/p-1. The van der Waals surface area contributed by atoms with Crippen LogP contribution in [0.15, 0.2) is 40.1 Å². The van der Waals surface area contributed by atoms with Gasteiger partial charge in [0.1, 0.15) is 20.8 Å². The van der Waals surface area contributed by atoms with Gasteiger partial charge in [0, 0.05) is 5.56 Å². The molecule has 0 heterocycles. The van der Waals surface area contributed by atoms with Crippen molar-refractivity contribution >= 4 is 20.2 Å². The maximum absolute atomic E-state index is 14.8. The molecule has 8 saturated carbocycles. The van der Waals surface area contributed by atoms with Crippen LogP contribution in [0.2, 0.25) is 0 Å². The first-order chi connectivity index (χ1) is 22.0. The van der Waals surface area contributed by atoms with E-state index in [4.69, 9.17) is 4.18 Å². The topological polar surface area (TPSA) is 101 Å². The molecular weight excluding hydrogens is 617 g/mol. The maximum atomic E-state index is 14.8. The molecule has 9 aliphatic rings. The van der Waals surface area contributed by atoms with Crippen molar-refractivity contribution in [1.29, 1.82) is 0 Å². The molecule has 9 aliphatic carbocycles. The fraction of sp³-hybridized carbons (Fsp3) is 0.684. The van der Waals surface area contributed by atoms with Gasteiger partial charge in [-0.25, -0.2) is 8.42 Å². The normalized spacial score (nSPS) is 37.9. The number of fused-ring (bicyclic) bond motifs is 1. The van der Waals surface area contributed by atoms with E-state index in [9.17, 15) is 21.4 Å². The first-order valence-electron chi connectivity index (χ1n) is 18.2. The highest BCUT2D eigenvalue weighted by Gasteiger charge is 2.55. The highest BCUT2D eigenvalue weighted by molar-refractivity contribution is 7.87. The molecule has 0 aliphatic heterocycles. The van der Waals surface area contributed by atoms with Crippen LogP contribution in [0.3, 0.4) is 0 Å². The summed E-state index contributed by atoms with van der Waals surface area (Å²) in [6.07, 6.45) is 18.9. The average molecular weight is 664 g/mol. The zero-order valence-electron chi connectivity index (χ0n) is 26.8. The van der Waals surface area contributed by atoms with Gasteiger partial charge in [-0.3, -0.25) is 0 Å². The quantitative estimate of drug-likeness (QED) is 0.230. The smallest absolute Gasteiger partial charge is 0.339 e. The van der Waals surface area contributed by atoms with Crippen molar-refractivity contribution in [2.45, 2.75) is 136 Å². The molecule has 0 saturated heterocycles. The van der Waals surface area contributed by atoms with Crippen molar-refractivity contribution in [3.8, 4) is 5.75 Å². The van der Waals surface area contributed by atoms with Crippen molar-refractivity contribution in [2.75, 3.05) is 0 Å². The van der Waals surface area contributed by atoms with E-state index in [2.05, 4.69) is 12.1 Å². The third-order valence-electron chi connectivity index (χ3n) is 13.9. The van der Waals surface area contributed by atoms with Gasteiger partial charge in [0.15, 0.2) is 0 Å². The number of rotatable bonds is 6. The van der Waals surface area contributed by atoms with E-state index in [0.717, 1.165) is 87.5 Å². The first-order valence-corrected chi connectivity index (χ1v) is 21.0. The van der Waals surface area contributed by atoms with Gasteiger partial charge in [0.05, 0.1) is 4.90 Å². The molecule has 6 nitrogen and oxygen atoms in total. The predicted molar refractivity (Wildman–Crippen MR) is 174 cm³/mol. The van der Waals surface area contributed by atoms with E-state index >= 15 is 0 Å². The Morgan fingerprint density at radius 3 is 1.61 bits per heavy atom. The molecule has 8 fully saturated rings. The van der Waals surface area contributed by atoms with Gasteiger partial charge < -0.3 is 8.74 Å². The third-order valence-corrected chi connectivity index (χ3v) is 16.1. The summed E-state index contributed by atoms with van der Waals surface area (Å²) in [5.74, 6) is 4.47. The molecule has 0 N–H and O–H groups in total. The summed E-state index contributed by atoms with van der Waals surface area (Å²) < 4.78 is 72.6. The Balaban J connectivity index is 1.17. The van der Waals surface area contributed by atoms with E-state index in [1.54, 1.807) is 0 Å². The van der Waals surface area contributed by atoms with Crippen molar-refractivity contribution in [2.24, 2.45) is 35.5 Å². The van der Waals surface area contributed by atoms with Crippen LogP contribution < -0.4 is 4.18 Å². The van der Waals surface area contributed by atoms with E-state index in [1.807, 2.05) is 6.07 Å². The average Bonchev–Trinajstić information content (AvgIpc) is 2.95. The van der Waals surface area contributed by atoms with Crippen LogP contribution in [0.25, 0.3) is 0 Å². The first kappa shape index (κ1) is 30.2. The molecule has 248 valence electrons. The van der Waals surface area contributed by atoms with Crippen LogP contribution in [-0.4, -0.2) is 21.4 Å². The van der Waals surface area contributed by atoms with E-state index in [-0.39, 0.29) is 21.5 Å². The lowest BCUT2D eigenvalue weighted by atomic mass is 9.47. The van der Waals surface area contributed by atoms with Crippen molar-refractivity contribution < 1.29 is 25.6 Å². The Labute approximate surface area is 275 Å². The van der Waals surface area contributed by atoms with Crippen molar-refractivity contribution in [3.63, 3.8) is 0 Å². The molecule has 0 spiro atoms. The summed E-state index contributed by atoms with van der Waals surface area (Å²) in [4.78, 5) is 0.120. The fourth-order valence-electron chi connectivity index (χ4n) is 13.0. The van der Waals surface area contributed by atoms with Gasteiger partial charge in [-0.15, -0.1) is 0 Å². The molecule has 0 radical (unpaired) electrons. The lowest BCUT2D eigenvalue weighted by Gasteiger charge is -2.58. The minimum atomic E-state index is -4.70. The van der Waals surface area contributed by atoms with Crippen LogP contribution in [-0.2, 0) is 43.9 Å². The molecule has 0 aromatic heterocycles. The minimum Gasteiger partial charge on any atom is -0.744 e. The third kappa shape index (κ3) is 4.93. The zero-order chi connectivity index (χ0) is 31.5. The summed E-state index contributed by atoms with van der Waals surface area (Å²) in [6.45, 7) is 0. The van der Waals surface area contributed by atoms with Gasteiger partial charge >= 0.3 is 10.1 Å². The molecule has 8 bridgehead atoms. The monoisotopic (exact) mass is 663 g/mol. The molecule has 0 unspecified atom stereocenters. The van der Waals surface area contributed by atoms with Crippen molar-refractivity contribution in [1.82, 2.24) is 0 Å². The summed E-state index contributed by atoms with van der Waals surface area (Å²) in [5, 5.41) is 0. The van der Waals surface area contributed by atoms with Crippen LogP contribution in [0.4, 0.5) is 0 Å². The van der Waals surface area contributed by atoms with E-state index < -0.39 is 20.2 Å². The second-order valence-electron chi connectivity index (χ2n) is 17.0. The summed E-state index contributed by atoms with van der Waals surface area (Å²) >= 11 is 0. The fourth-order valence-corrected chi connectivity index (χ4v) is 15.1. The molecule has 0 amide bonds. The Morgan fingerprint density at radius 2 is 1.09 bits per heavy atom. The Bertz CT molecular complexity index is 1720. The summed E-state index contributed by atoms with van der Waals surface area (Å²) in [5.41, 5.74) is 3.10. The number of hydrogen-bond donors (Lipinski definition) is 0. The predicted octanol–water partition coefficient (Wildman–Crippen LogP) is 7.95. The molecule has 0 atom stereocenters. The lowest BCUT2D eigenvalue weighted by Crippen LogP contribution is -2.50. The van der Waals surface area contributed by atoms with Crippen LogP contribution in [0, 0.1) is 35.5 Å². The Hall–Kier alpha value is -1.90. The second kappa shape index (κ2) is 10.5. The highest BCUT2D eigenvalue weighted by Crippen LogP contribution is 2.63. The zero-order valence-corrected chi connectivity index (χ0v) is 28.5. The van der Waals surface area contributed by atoms with Gasteiger partial charge in [0.25, 0.3) is 0 Å². The highest BCUT2D eigenvalue weighted by atomic mass is 32.2. The van der Waals surface area contributed by atoms with Crippen LogP contribution in [0.5, 0.6) is 5.75 Å².